The van der Waals surface area contributed by atoms with E-state index in [-0.39, 0.29) is 0 Å². The van der Waals surface area contributed by atoms with Crippen molar-refractivity contribution in [1.29, 1.82) is 0 Å². The molecule has 0 saturated carbocycles. The van der Waals surface area contributed by atoms with Gasteiger partial charge in [0.2, 0.25) is 0 Å². The van der Waals surface area contributed by atoms with E-state index in [4.69, 9.17) is 14.8 Å². The lowest BCUT2D eigenvalue weighted by molar-refractivity contribution is 0.278. The molecule has 0 amide bonds. The second-order valence-electron chi connectivity index (χ2n) is 1.65. The zero-order valence-corrected chi connectivity index (χ0v) is 7.14. The average Bonchev–Trinajstić information content (AvgIpc) is 1.97. The van der Waals surface area contributed by atoms with E-state index in [1.54, 1.807) is 6.08 Å². The topological polar surface area (TPSA) is 44.5 Å². The van der Waals surface area contributed by atoms with Crippen molar-refractivity contribution in [2.75, 3.05) is 26.4 Å². The van der Waals surface area contributed by atoms with Crippen molar-refractivity contribution in [3.63, 3.8) is 0 Å². The molecular weight excluding hydrogens is 149 g/mol. The minimum absolute atomic E-state index is 0.546. The van der Waals surface area contributed by atoms with Crippen molar-refractivity contribution in [2.45, 2.75) is 0 Å². The zero-order chi connectivity index (χ0) is 7.82. The van der Waals surface area contributed by atoms with E-state index in [0.717, 1.165) is 0 Å². The summed E-state index contributed by atoms with van der Waals surface area (Å²) in [5.74, 6) is 0. The highest BCUT2D eigenvalue weighted by atomic mass is 31.2. The zero-order valence-electron chi connectivity index (χ0n) is 6.25. The summed E-state index contributed by atoms with van der Waals surface area (Å²) in [6.07, 6.45) is 1.70. The summed E-state index contributed by atoms with van der Waals surface area (Å²) in [5, 5.41) is 0. The SMILES string of the molecule is C=CCOP(C)OCCN. The van der Waals surface area contributed by atoms with Crippen LogP contribution in [0.5, 0.6) is 0 Å². The lowest BCUT2D eigenvalue weighted by atomic mass is 10.7. The predicted molar refractivity (Wildman–Crippen MR) is 44.0 cm³/mol. The summed E-state index contributed by atoms with van der Waals surface area (Å²) in [4.78, 5) is 0. The van der Waals surface area contributed by atoms with E-state index in [1.165, 1.54) is 0 Å². The summed E-state index contributed by atoms with van der Waals surface area (Å²) >= 11 is 0. The van der Waals surface area contributed by atoms with Crippen molar-refractivity contribution in [3.8, 4) is 0 Å². The fraction of sp³-hybridized carbons (Fsp3) is 0.667. The second-order valence-corrected chi connectivity index (χ2v) is 3.04. The highest BCUT2D eigenvalue weighted by Crippen LogP contribution is 2.32. The predicted octanol–water partition coefficient (Wildman–Crippen LogP) is 1.11. The van der Waals surface area contributed by atoms with Crippen LogP contribution in [0.2, 0.25) is 0 Å². The maximum absolute atomic E-state index is 5.22. The fourth-order valence-corrected chi connectivity index (χ4v) is 1.13. The molecule has 3 nitrogen and oxygen atoms in total. The number of hydrogen-bond acceptors (Lipinski definition) is 3. The number of rotatable bonds is 6. The Kier molecular flexibility index (Phi) is 7.20. The molecule has 0 radical (unpaired) electrons. The molecule has 0 aromatic rings. The van der Waals surface area contributed by atoms with Gasteiger partial charge in [-0.2, -0.15) is 0 Å². The average molecular weight is 163 g/mol. The monoisotopic (exact) mass is 163 g/mol. The van der Waals surface area contributed by atoms with E-state index in [2.05, 4.69) is 6.58 Å². The smallest absolute Gasteiger partial charge is 0.167 e. The first-order chi connectivity index (χ1) is 4.81. The quantitative estimate of drug-likeness (QED) is 0.471. The summed E-state index contributed by atoms with van der Waals surface area (Å²) in [7, 11) is -0.744. The maximum atomic E-state index is 5.22. The first kappa shape index (κ1) is 10.0. The van der Waals surface area contributed by atoms with Crippen molar-refractivity contribution in [1.82, 2.24) is 0 Å². The molecular formula is C6H14NO2P. The van der Waals surface area contributed by atoms with Crippen LogP contribution in [-0.2, 0) is 9.05 Å². The van der Waals surface area contributed by atoms with Crippen LogP contribution in [0.25, 0.3) is 0 Å². The van der Waals surface area contributed by atoms with Crippen LogP contribution in [0.3, 0.4) is 0 Å². The Hall–Kier alpha value is 0.0500. The fourth-order valence-electron chi connectivity index (χ4n) is 0.376. The molecule has 0 aliphatic carbocycles. The molecule has 0 aliphatic rings. The van der Waals surface area contributed by atoms with Crippen molar-refractivity contribution in [2.24, 2.45) is 5.73 Å². The van der Waals surface area contributed by atoms with Gasteiger partial charge in [0.05, 0.1) is 13.2 Å². The van der Waals surface area contributed by atoms with Crippen LogP contribution in [0.4, 0.5) is 0 Å². The van der Waals surface area contributed by atoms with Crippen LogP contribution in [-0.4, -0.2) is 26.4 Å². The molecule has 0 aromatic heterocycles. The highest BCUT2D eigenvalue weighted by molar-refractivity contribution is 7.46. The third kappa shape index (κ3) is 6.17. The Labute approximate surface area is 63.1 Å². The Bertz CT molecular complexity index is 89.8. The van der Waals surface area contributed by atoms with Gasteiger partial charge in [-0.1, -0.05) is 6.08 Å². The Morgan fingerprint density at radius 1 is 1.60 bits per heavy atom. The standard InChI is InChI=1S/C6H14NO2P/c1-3-5-8-10(2)9-6-4-7/h3H,1,4-7H2,2H3. The van der Waals surface area contributed by atoms with Gasteiger partial charge in [0.25, 0.3) is 0 Å². The molecule has 2 N–H and O–H groups in total. The first-order valence-corrected chi connectivity index (χ1v) is 4.74. The third-order valence-electron chi connectivity index (χ3n) is 0.765. The van der Waals surface area contributed by atoms with Crippen LogP contribution in [0.1, 0.15) is 0 Å². The van der Waals surface area contributed by atoms with Gasteiger partial charge in [-0.25, -0.2) is 0 Å². The Morgan fingerprint density at radius 3 is 2.80 bits per heavy atom. The minimum Gasteiger partial charge on any atom is -0.333 e. The van der Waals surface area contributed by atoms with E-state index >= 15 is 0 Å². The minimum atomic E-state index is -0.744. The highest BCUT2D eigenvalue weighted by Gasteiger charge is 1.98. The Morgan fingerprint density at radius 2 is 2.30 bits per heavy atom. The van der Waals surface area contributed by atoms with E-state index < -0.39 is 8.38 Å². The van der Waals surface area contributed by atoms with Crippen LogP contribution in [0, 0.1) is 0 Å². The molecule has 0 bridgehead atoms. The van der Waals surface area contributed by atoms with Crippen molar-refractivity contribution < 1.29 is 9.05 Å². The van der Waals surface area contributed by atoms with Gasteiger partial charge < -0.3 is 14.8 Å². The molecule has 0 saturated heterocycles. The van der Waals surface area contributed by atoms with Crippen molar-refractivity contribution >= 4 is 8.38 Å². The van der Waals surface area contributed by atoms with Gasteiger partial charge in [-0.05, 0) is 0 Å². The van der Waals surface area contributed by atoms with E-state index in [1.807, 2.05) is 6.66 Å². The number of nitrogens with two attached hydrogens (primary N) is 1. The molecule has 1 unspecified atom stereocenters. The molecule has 0 fully saturated rings. The second kappa shape index (κ2) is 7.16. The molecule has 0 aliphatic heterocycles. The van der Waals surface area contributed by atoms with Gasteiger partial charge in [-0.3, -0.25) is 0 Å². The third-order valence-corrected chi connectivity index (χ3v) is 1.82. The molecule has 0 rings (SSSR count). The summed E-state index contributed by atoms with van der Waals surface area (Å²) in [6, 6.07) is 0. The number of hydrogen-bond donors (Lipinski definition) is 1. The molecule has 10 heavy (non-hydrogen) atoms. The normalized spacial score (nSPS) is 13.0. The summed E-state index contributed by atoms with van der Waals surface area (Å²) < 4.78 is 10.3. The lowest BCUT2D eigenvalue weighted by Crippen LogP contribution is -2.06. The molecule has 0 aromatic carbocycles. The van der Waals surface area contributed by atoms with E-state index in [9.17, 15) is 0 Å². The summed E-state index contributed by atoms with van der Waals surface area (Å²) in [6.45, 7) is 7.08. The molecule has 0 heterocycles. The van der Waals surface area contributed by atoms with Gasteiger partial charge >= 0.3 is 0 Å². The van der Waals surface area contributed by atoms with Gasteiger partial charge in [0.15, 0.2) is 8.38 Å². The van der Waals surface area contributed by atoms with Gasteiger partial charge in [0.1, 0.15) is 0 Å². The largest absolute Gasteiger partial charge is 0.333 e. The molecule has 60 valence electrons. The van der Waals surface area contributed by atoms with Gasteiger partial charge in [-0.15, -0.1) is 6.58 Å². The van der Waals surface area contributed by atoms with Crippen LogP contribution in [0.15, 0.2) is 12.7 Å². The van der Waals surface area contributed by atoms with Crippen LogP contribution >= 0.6 is 8.38 Å². The van der Waals surface area contributed by atoms with Gasteiger partial charge in [0, 0.05) is 13.2 Å². The lowest BCUT2D eigenvalue weighted by Gasteiger charge is -2.09. The first-order valence-electron chi connectivity index (χ1n) is 3.11. The molecule has 0 spiro atoms. The molecule has 1 atom stereocenters. The van der Waals surface area contributed by atoms with E-state index in [0.29, 0.717) is 19.8 Å². The maximum Gasteiger partial charge on any atom is 0.167 e. The molecule has 4 heteroatoms. The van der Waals surface area contributed by atoms with Crippen LogP contribution < -0.4 is 5.73 Å². The Balaban J connectivity index is 3.07. The van der Waals surface area contributed by atoms with Crippen molar-refractivity contribution in [3.05, 3.63) is 12.7 Å². The summed E-state index contributed by atoms with van der Waals surface area (Å²) in [5.41, 5.74) is 5.22.